The average molecular weight is 262 g/mol. The van der Waals surface area contributed by atoms with Crippen molar-refractivity contribution in [2.24, 2.45) is 13.0 Å². The van der Waals surface area contributed by atoms with Gasteiger partial charge in [-0.25, -0.2) is 9.97 Å². The van der Waals surface area contributed by atoms with Crippen LogP contribution >= 0.6 is 0 Å². The number of fused-ring (bicyclic) bond motifs is 1. The van der Waals surface area contributed by atoms with Crippen molar-refractivity contribution in [2.75, 3.05) is 11.9 Å². The molecular weight excluding hydrogens is 244 g/mol. The molecule has 0 amide bonds. The molecule has 0 aromatic carbocycles. The molecule has 19 heavy (non-hydrogen) atoms. The molecule has 2 rings (SSSR count). The Morgan fingerprint density at radius 3 is 3.05 bits per heavy atom. The first-order chi connectivity index (χ1) is 9.08. The molecule has 0 aliphatic heterocycles. The lowest BCUT2D eigenvalue weighted by atomic mass is 10.1. The normalized spacial score (nSPS) is 12.5. The molecule has 2 aromatic heterocycles. The number of carboxylic acids is 1. The van der Waals surface area contributed by atoms with Crippen LogP contribution in [0.4, 0.5) is 5.82 Å². The second kappa shape index (κ2) is 5.69. The van der Waals surface area contributed by atoms with Crippen LogP contribution < -0.4 is 5.32 Å². The van der Waals surface area contributed by atoms with E-state index in [0.29, 0.717) is 13.0 Å². The topological polar surface area (TPSA) is 80.0 Å². The van der Waals surface area contributed by atoms with Gasteiger partial charge in [-0.05, 0) is 18.4 Å². The van der Waals surface area contributed by atoms with E-state index in [1.165, 1.54) is 0 Å². The SMILES string of the molecule is CC(CCC(=O)O)CNc1nccc2c1ncn2C. The number of hydrogen-bond donors (Lipinski definition) is 2. The van der Waals surface area contributed by atoms with Crippen LogP contribution in [0.3, 0.4) is 0 Å². The van der Waals surface area contributed by atoms with Gasteiger partial charge in [0.05, 0.1) is 11.8 Å². The van der Waals surface area contributed by atoms with Crippen molar-refractivity contribution in [1.29, 1.82) is 0 Å². The fourth-order valence-corrected chi connectivity index (χ4v) is 1.93. The van der Waals surface area contributed by atoms with Crippen LogP contribution in [-0.2, 0) is 11.8 Å². The fourth-order valence-electron chi connectivity index (χ4n) is 1.93. The Balaban J connectivity index is 2.00. The number of carbonyl (C=O) groups is 1. The zero-order valence-corrected chi connectivity index (χ0v) is 11.1. The highest BCUT2D eigenvalue weighted by Crippen LogP contribution is 2.19. The Morgan fingerprint density at radius 2 is 2.32 bits per heavy atom. The highest BCUT2D eigenvalue weighted by atomic mass is 16.4. The number of hydrogen-bond acceptors (Lipinski definition) is 4. The molecule has 6 heteroatoms. The van der Waals surface area contributed by atoms with Crippen molar-refractivity contribution in [3.8, 4) is 0 Å². The van der Waals surface area contributed by atoms with Crippen LogP contribution in [0.1, 0.15) is 19.8 Å². The van der Waals surface area contributed by atoms with Gasteiger partial charge in [-0.2, -0.15) is 0 Å². The first kappa shape index (κ1) is 13.3. The Bertz CT molecular complexity index is 579. The van der Waals surface area contributed by atoms with Gasteiger partial charge in [-0.1, -0.05) is 6.92 Å². The molecule has 1 unspecified atom stereocenters. The maximum Gasteiger partial charge on any atom is 0.303 e. The van der Waals surface area contributed by atoms with E-state index >= 15 is 0 Å². The number of anilines is 1. The number of rotatable bonds is 6. The van der Waals surface area contributed by atoms with E-state index < -0.39 is 5.97 Å². The van der Waals surface area contributed by atoms with Crippen molar-refractivity contribution < 1.29 is 9.90 Å². The van der Waals surface area contributed by atoms with E-state index in [4.69, 9.17) is 5.11 Å². The molecule has 2 N–H and O–H groups in total. The van der Waals surface area contributed by atoms with E-state index in [0.717, 1.165) is 16.9 Å². The summed E-state index contributed by atoms with van der Waals surface area (Å²) >= 11 is 0. The summed E-state index contributed by atoms with van der Waals surface area (Å²) in [6.07, 6.45) is 4.35. The summed E-state index contributed by atoms with van der Waals surface area (Å²) in [4.78, 5) is 19.1. The summed E-state index contributed by atoms with van der Waals surface area (Å²) in [7, 11) is 1.94. The van der Waals surface area contributed by atoms with Gasteiger partial charge in [0.15, 0.2) is 5.82 Å². The first-order valence-corrected chi connectivity index (χ1v) is 6.29. The molecule has 6 nitrogen and oxygen atoms in total. The number of carboxylic acid groups (broad SMARTS) is 1. The van der Waals surface area contributed by atoms with Gasteiger partial charge in [0, 0.05) is 26.2 Å². The molecule has 2 aromatic rings. The van der Waals surface area contributed by atoms with E-state index in [2.05, 4.69) is 15.3 Å². The van der Waals surface area contributed by atoms with Crippen molar-refractivity contribution in [1.82, 2.24) is 14.5 Å². The van der Waals surface area contributed by atoms with E-state index in [1.54, 1.807) is 12.5 Å². The largest absolute Gasteiger partial charge is 0.481 e. The quantitative estimate of drug-likeness (QED) is 0.830. The van der Waals surface area contributed by atoms with Crippen LogP contribution in [0.2, 0.25) is 0 Å². The van der Waals surface area contributed by atoms with Crippen LogP contribution in [0.15, 0.2) is 18.6 Å². The van der Waals surface area contributed by atoms with Crippen molar-refractivity contribution >= 4 is 22.8 Å². The van der Waals surface area contributed by atoms with E-state index in [1.807, 2.05) is 24.6 Å². The third kappa shape index (κ3) is 3.21. The van der Waals surface area contributed by atoms with Crippen molar-refractivity contribution in [2.45, 2.75) is 19.8 Å². The van der Waals surface area contributed by atoms with E-state index in [-0.39, 0.29) is 12.3 Å². The molecular formula is C13H18N4O2. The number of pyridine rings is 1. The number of aryl methyl sites for hydroxylation is 1. The van der Waals surface area contributed by atoms with Crippen LogP contribution in [0, 0.1) is 5.92 Å². The van der Waals surface area contributed by atoms with Gasteiger partial charge in [0.2, 0.25) is 0 Å². The van der Waals surface area contributed by atoms with Gasteiger partial charge >= 0.3 is 5.97 Å². The van der Waals surface area contributed by atoms with Gasteiger partial charge in [0.1, 0.15) is 5.52 Å². The maximum atomic E-state index is 10.5. The second-order valence-corrected chi connectivity index (χ2v) is 4.80. The number of aromatic nitrogens is 3. The zero-order chi connectivity index (χ0) is 13.8. The Labute approximate surface area is 111 Å². The molecule has 0 bridgehead atoms. The van der Waals surface area contributed by atoms with Crippen molar-refractivity contribution in [3.05, 3.63) is 18.6 Å². The van der Waals surface area contributed by atoms with Crippen LogP contribution in [0.5, 0.6) is 0 Å². The summed E-state index contributed by atoms with van der Waals surface area (Å²) in [5, 5.41) is 11.9. The van der Waals surface area contributed by atoms with Gasteiger partial charge in [0.25, 0.3) is 0 Å². The maximum absolute atomic E-state index is 10.5. The lowest BCUT2D eigenvalue weighted by molar-refractivity contribution is -0.137. The predicted octanol–water partition coefficient (Wildman–Crippen LogP) is 1.88. The minimum Gasteiger partial charge on any atom is -0.481 e. The minimum absolute atomic E-state index is 0.198. The molecule has 0 aliphatic rings. The molecule has 102 valence electrons. The van der Waals surface area contributed by atoms with Gasteiger partial charge < -0.3 is 15.0 Å². The Morgan fingerprint density at radius 1 is 1.53 bits per heavy atom. The summed E-state index contributed by atoms with van der Waals surface area (Å²) in [5.41, 5.74) is 1.87. The highest BCUT2D eigenvalue weighted by molar-refractivity contribution is 5.85. The summed E-state index contributed by atoms with van der Waals surface area (Å²) < 4.78 is 1.94. The summed E-state index contributed by atoms with van der Waals surface area (Å²) in [6, 6.07) is 1.92. The predicted molar refractivity (Wildman–Crippen MR) is 73.0 cm³/mol. The average Bonchev–Trinajstić information content (AvgIpc) is 2.76. The highest BCUT2D eigenvalue weighted by Gasteiger charge is 2.09. The number of imidazole rings is 1. The Kier molecular flexibility index (Phi) is 3.99. The molecule has 2 heterocycles. The molecule has 0 aliphatic carbocycles. The molecule has 0 spiro atoms. The molecule has 0 saturated carbocycles. The number of aliphatic carboxylic acids is 1. The minimum atomic E-state index is -0.753. The van der Waals surface area contributed by atoms with Crippen molar-refractivity contribution in [3.63, 3.8) is 0 Å². The van der Waals surface area contributed by atoms with Crippen LogP contribution in [-0.4, -0.2) is 32.2 Å². The van der Waals surface area contributed by atoms with E-state index in [9.17, 15) is 4.79 Å². The third-order valence-electron chi connectivity index (χ3n) is 3.11. The molecule has 0 fully saturated rings. The molecule has 1 atom stereocenters. The molecule has 0 radical (unpaired) electrons. The first-order valence-electron chi connectivity index (χ1n) is 6.29. The standard InChI is InChI=1S/C13H18N4O2/c1-9(3-4-11(18)19)7-15-13-12-10(5-6-14-13)17(2)8-16-12/h5-6,8-9H,3-4,7H2,1-2H3,(H,14,15)(H,18,19). The molecule has 0 saturated heterocycles. The third-order valence-corrected chi connectivity index (χ3v) is 3.11. The lowest BCUT2D eigenvalue weighted by Gasteiger charge is -2.12. The monoisotopic (exact) mass is 262 g/mol. The Hall–Kier alpha value is -2.11. The van der Waals surface area contributed by atoms with Gasteiger partial charge in [-0.15, -0.1) is 0 Å². The second-order valence-electron chi connectivity index (χ2n) is 4.80. The van der Waals surface area contributed by atoms with Gasteiger partial charge in [-0.3, -0.25) is 4.79 Å². The smallest absolute Gasteiger partial charge is 0.303 e. The number of nitrogens with zero attached hydrogens (tertiary/aromatic N) is 3. The zero-order valence-electron chi connectivity index (χ0n) is 11.1. The summed E-state index contributed by atoms with van der Waals surface area (Å²) in [6.45, 7) is 2.71. The lowest BCUT2D eigenvalue weighted by Crippen LogP contribution is -2.13. The van der Waals surface area contributed by atoms with Crippen LogP contribution in [0.25, 0.3) is 11.0 Å². The fraction of sp³-hybridized carbons (Fsp3) is 0.462. The summed E-state index contributed by atoms with van der Waals surface area (Å²) in [5.74, 6) is 0.272. The number of nitrogens with one attached hydrogen (secondary N) is 1.